The molecular formula is C9H6BrCl2F3O. The first-order chi connectivity index (χ1) is 7.35. The Labute approximate surface area is 109 Å². The van der Waals surface area contributed by atoms with Crippen molar-refractivity contribution in [1.29, 1.82) is 0 Å². The van der Waals surface area contributed by atoms with Gasteiger partial charge in [-0.1, -0.05) is 39.1 Å². The number of halogens is 6. The van der Waals surface area contributed by atoms with E-state index >= 15 is 0 Å². The van der Waals surface area contributed by atoms with Crippen molar-refractivity contribution in [3.8, 4) is 5.75 Å². The molecule has 1 rings (SSSR count). The molecule has 1 aromatic carbocycles. The molecular weight excluding hydrogens is 332 g/mol. The van der Waals surface area contributed by atoms with Gasteiger partial charge in [0.05, 0.1) is 10.0 Å². The van der Waals surface area contributed by atoms with Crippen molar-refractivity contribution in [2.45, 2.75) is 11.5 Å². The Morgan fingerprint density at radius 3 is 2.38 bits per heavy atom. The monoisotopic (exact) mass is 336 g/mol. The molecule has 90 valence electrons. The molecule has 0 fully saturated rings. The SMILES string of the molecule is FC(F)(F)COc1ccc(Cl)c(Cl)c1CBr. The van der Waals surface area contributed by atoms with Gasteiger partial charge in [0.25, 0.3) is 0 Å². The molecule has 0 aromatic heterocycles. The summed E-state index contributed by atoms with van der Waals surface area (Å²) in [5.74, 6) is 0.0728. The number of alkyl halides is 4. The molecule has 0 saturated carbocycles. The lowest BCUT2D eigenvalue weighted by Crippen LogP contribution is -2.19. The normalized spacial score (nSPS) is 11.6. The molecule has 7 heteroatoms. The number of ether oxygens (including phenoxy) is 1. The zero-order valence-electron chi connectivity index (χ0n) is 7.74. The first-order valence-electron chi connectivity index (χ1n) is 4.07. The number of hydrogen-bond acceptors (Lipinski definition) is 1. The molecule has 0 aliphatic heterocycles. The van der Waals surface area contributed by atoms with Gasteiger partial charge in [-0.2, -0.15) is 13.2 Å². The Kier molecular flexibility index (Phi) is 4.76. The summed E-state index contributed by atoms with van der Waals surface area (Å²) in [6.45, 7) is -1.36. The molecule has 0 unspecified atom stereocenters. The van der Waals surface area contributed by atoms with Crippen LogP contribution in [0.25, 0.3) is 0 Å². The van der Waals surface area contributed by atoms with Crippen molar-refractivity contribution < 1.29 is 17.9 Å². The molecule has 0 heterocycles. The van der Waals surface area contributed by atoms with Crippen LogP contribution in [0, 0.1) is 0 Å². The summed E-state index contributed by atoms with van der Waals surface area (Å²) in [4.78, 5) is 0. The Morgan fingerprint density at radius 2 is 1.88 bits per heavy atom. The lowest BCUT2D eigenvalue weighted by molar-refractivity contribution is -0.153. The van der Waals surface area contributed by atoms with Crippen LogP contribution in [-0.2, 0) is 5.33 Å². The van der Waals surface area contributed by atoms with E-state index in [0.717, 1.165) is 0 Å². The average molecular weight is 338 g/mol. The molecule has 0 spiro atoms. The molecule has 0 aliphatic carbocycles. The minimum Gasteiger partial charge on any atom is -0.484 e. The van der Waals surface area contributed by atoms with Crippen LogP contribution in [0.4, 0.5) is 13.2 Å². The summed E-state index contributed by atoms with van der Waals surface area (Å²) in [5.41, 5.74) is 0.401. The molecule has 0 saturated heterocycles. The minimum absolute atomic E-state index is 0.0728. The molecule has 0 aliphatic rings. The van der Waals surface area contributed by atoms with E-state index in [1.54, 1.807) is 0 Å². The predicted molar refractivity (Wildman–Crippen MR) is 60.6 cm³/mol. The van der Waals surface area contributed by atoms with Gasteiger partial charge in [0.1, 0.15) is 5.75 Å². The van der Waals surface area contributed by atoms with Gasteiger partial charge in [0.2, 0.25) is 0 Å². The first kappa shape index (κ1) is 13.9. The van der Waals surface area contributed by atoms with Crippen molar-refractivity contribution in [1.82, 2.24) is 0 Å². The second kappa shape index (κ2) is 5.47. The highest BCUT2D eigenvalue weighted by Crippen LogP contribution is 2.35. The van der Waals surface area contributed by atoms with Gasteiger partial charge >= 0.3 is 6.18 Å². The Morgan fingerprint density at radius 1 is 1.25 bits per heavy atom. The third kappa shape index (κ3) is 3.71. The van der Waals surface area contributed by atoms with Crippen molar-refractivity contribution in [3.05, 3.63) is 27.7 Å². The molecule has 0 bridgehead atoms. The molecule has 0 radical (unpaired) electrons. The van der Waals surface area contributed by atoms with Gasteiger partial charge in [0, 0.05) is 10.9 Å². The van der Waals surface area contributed by atoms with Crippen LogP contribution in [0.3, 0.4) is 0 Å². The Bertz CT molecular complexity index is 382. The fraction of sp³-hybridized carbons (Fsp3) is 0.333. The fourth-order valence-electron chi connectivity index (χ4n) is 0.994. The number of rotatable bonds is 3. The van der Waals surface area contributed by atoms with Crippen LogP contribution in [-0.4, -0.2) is 12.8 Å². The van der Waals surface area contributed by atoms with Crippen LogP contribution in [0.2, 0.25) is 10.0 Å². The van der Waals surface area contributed by atoms with E-state index in [1.807, 2.05) is 0 Å². The maximum Gasteiger partial charge on any atom is 0.422 e. The summed E-state index contributed by atoms with van der Waals surface area (Å²) < 4.78 is 40.5. The highest BCUT2D eigenvalue weighted by Gasteiger charge is 2.29. The van der Waals surface area contributed by atoms with Crippen molar-refractivity contribution in [2.75, 3.05) is 6.61 Å². The van der Waals surface area contributed by atoms with E-state index in [1.165, 1.54) is 12.1 Å². The summed E-state index contributed by atoms with van der Waals surface area (Å²) in [5, 5.41) is 0.730. The fourth-order valence-corrected chi connectivity index (χ4v) is 2.11. The van der Waals surface area contributed by atoms with E-state index in [0.29, 0.717) is 5.56 Å². The summed E-state index contributed by atoms with van der Waals surface area (Å²) in [7, 11) is 0. The Balaban J connectivity index is 2.92. The average Bonchev–Trinajstić information content (AvgIpc) is 2.18. The highest BCUT2D eigenvalue weighted by atomic mass is 79.9. The largest absolute Gasteiger partial charge is 0.484 e. The zero-order valence-corrected chi connectivity index (χ0v) is 10.8. The lowest BCUT2D eigenvalue weighted by Gasteiger charge is -2.13. The maximum atomic E-state index is 12.0. The summed E-state index contributed by atoms with van der Waals surface area (Å²) >= 11 is 14.7. The third-order valence-electron chi connectivity index (χ3n) is 1.68. The summed E-state index contributed by atoms with van der Waals surface area (Å²) in [6.07, 6.45) is -4.38. The second-order valence-electron chi connectivity index (χ2n) is 2.88. The predicted octanol–water partition coefficient (Wildman–Crippen LogP) is 4.83. The van der Waals surface area contributed by atoms with Gasteiger partial charge < -0.3 is 4.74 Å². The van der Waals surface area contributed by atoms with Crippen molar-refractivity contribution >= 4 is 39.1 Å². The van der Waals surface area contributed by atoms with E-state index in [2.05, 4.69) is 20.7 Å². The molecule has 0 N–H and O–H groups in total. The van der Waals surface area contributed by atoms with Gasteiger partial charge in [0.15, 0.2) is 6.61 Å². The molecule has 1 aromatic rings. The minimum atomic E-state index is -4.38. The van der Waals surface area contributed by atoms with Gasteiger partial charge in [-0.15, -0.1) is 0 Å². The smallest absolute Gasteiger partial charge is 0.422 e. The van der Waals surface area contributed by atoms with Gasteiger partial charge in [-0.3, -0.25) is 0 Å². The van der Waals surface area contributed by atoms with Gasteiger partial charge in [-0.25, -0.2) is 0 Å². The quantitative estimate of drug-likeness (QED) is 0.718. The van der Waals surface area contributed by atoms with E-state index < -0.39 is 12.8 Å². The molecule has 16 heavy (non-hydrogen) atoms. The molecule has 1 nitrogen and oxygen atoms in total. The second-order valence-corrected chi connectivity index (χ2v) is 4.22. The van der Waals surface area contributed by atoms with Crippen LogP contribution < -0.4 is 4.74 Å². The topological polar surface area (TPSA) is 9.23 Å². The molecule has 0 amide bonds. The first-order valence-corrected chi connectivity index (χ1v) is 5.95. The molecule has 0 atom stereocenters. The van der Waals surface area contributed by atoms with E-state index in [-0.39, 0.29) is 21.1 Å². The lowest BCUT2D eigenvalue weighted by atomic mass is 10.2. The number of hydrogen-bond donors (Lipinski definition) is 0. The third-order valence-corrected chi connectivity index (χ3v) is 3.08. The van der Waals surface area contributed by atoms with Gasteiger partial charge in [-0.05, 0) is 12.1 Å². The van der Waals surface area contributed by atoms with Crippen molar-refractivity contribution in [2.24, 2.45) is 0 Å². The standard InChI is InChI=1S/C9H6BrCl2F3O/c10-3-5-7(16-4-9(13,14)15)2-1-6(11)8(5)12/h1-2H,3-4H2. The van der Waals surface area contributed by atoms with Crippen LogP contribution in [0.5, 0.6) is 5.75 Å². The Hall–Kier alpha value is -0.130. The van der Waals surface area contributed by atoms with Crippen LogP contribution in [0.15, 0.2) is 12.1 Å². The van der Waals surface area contributed by atoms with E-state index in [9.17, 15) is 13.2 Å². The van der Waals surface area contributed by atoms with Crippen LogP contribution in [0.1, 0.15) is 5.56 Å². The summed E-state index contributed by atoms with van der Waals surface area (Å²) in [6, 6.07) is 2.75. The van der Waals surface area contributed by atoms with Crippen molar-refractivity contribution in [3.63, 3.8) is 0 Å². The maximum absolute atomic E-state index is 12.0. The van der Waals surface area contributed by atoms with Crippen LogP contribution >= 0.6 is 39.1 Å². The van der Waals surface area contributed by atoms with E-state index in [4.69, 9.17) is 23.2 Å². The number of benzene rings is 1. The highest BCUT2D eigenvalue weighted by molar-refractivity contribution is 9.08. The zero-order chi connectivity index (χ0) is 12.3.